The molecule has 0 aromatic heterocycles. The third kappa shape index (κ3) is 2.67. The van der Waals surface area contributed by atoms with Gasteiger partial charge in [0.25, 0.3) is 10.0 Å². The largest absolute Gasteiger partial charge is 0.277 e. The Balaban J connectivity index is 2.11. The first-order valence-electron chi connectivity index (χ1n) is 6.74. The fraction of sp³-hybridized carbons (Fsp3) is 0.0588. The zero-order chi connectivity index (χ0) is 15.7. The normalized spacial score (nSPS) is 11.5. The van der Waals surface area contributed by atoms with Crippen LogP contribution in [0.5, 0.6) is 0 Å². The van der Waals surface area contributed by atoms with Gasteiger partial charge in [0.2, 0.25) is 0 Å². The highest BCUT2D eigenvalue weighted by atomic mass is 32.2. The molecule has 0 fully saturated rings. The molecule has 5 heteroatoms. The van der Waals surface area contributed by atoms with Gasteiger partial charge in [0.1, 0.15) is 5.82 Å². The van der Waals surface area contributed by atoms with Gasteiger partial charge >= 0.3 is 0 Å². The second kappa shape index (κ2) is 5.42. The molecule has 0 heterocycles. The van der Waals surface area contributed by atoms with Gasteiger partial charge in [-0.2, -0.15) is 0 Å². The van der Waals surface area contributed by atoms with E-state index in [0.29, 0.717) is 5.39 Å². The minimum absolute atomic E-state index is 0.0482. The van der Waals surface area contributed by atoms with Gasteiger partial charge in [-0.15, -0.1) is 0 Å². The summed E-state index contributed by atoms with van der Waals surface area (Å²) in [5, 5.41) is 1.42. The van der Waals surface area contributed by atoms with Crippen LogP contribution in [-0.4, -0.2) is 8.42 Å². The molecule has 0 unspecified atom stereocenters. The molecule has 0 bridgehead atoms. The van der Waals surface area contributed by atoms with Crippen LogP contribution in [0.25, 0.3) is 10.8 Å². The number of hydrogen-bond acceptors (Lipinski definition) is 2. The third-order valence-electron chi connectivity index (χ3n) is 3.41. The summed E-state index contributed by atoms with van der Waals surface area (Å²) in [5.74, 6) is -0.602. The molecule has 0 saturated heterocycles. The van der Waals surface area contributed by atoms with Crippen molar-refractivity contribution >= 4 is 26.5 Å². The summed E-state index contributed by atoms with van der Waals surface area (Å²) in [6.07, 6.45) is 0. The fourth-order valence-corrected chi connectivity index (χ4v) is 3.64. The molecule has 0 amide bonds. The van der Waals surface area contributed by atoms with E-state index in [2.05, 4.69) is 4.72 Å². The van der Waals surface area contributed by atoms with E-state index in [1.54, 1.807) is 31.2 Å². The van der Waals surface area contributed by atoms with Gasteiger partial charge in [-0.05, 0) is 36.1 Å². The first kappa shape index (κ1) is 14.5. The van der Waals surface area contributed by atoms with Crippen molar-refractivity contribution in [1.29, 1.82) is 0 Å². The number of rotatable bonds is 3. The Morgan fingerprint density at radius 1 is 0.955 bits per heavy atom. The highest BCUT2D eigenvalue weighted by Gasteiger charge is 2.18. The van der Waals surface area contributed by atoms with Crippen LogP contribution in [0.4, 0.5) is 10.1 Å². The Morgan fingerprint density at radius 3 is 2.50 bits per heavy atom. The molecule has 22 heavy (non-hydrogen) atoms. The molecule has 3 nitrogen and oxygen atoms in total. The minimum Gasteiger partial charge on any atom is -0.277 e. The Bertz CT molecular complexity index is 947. The molecular weight excluding hydrogens is 301 g/mol. The molecule has 3 rings (SSSR count). The molecule has 0 radical (unpaired) electrons. The number of nitrogens with one attached hydrogen (secondary N) is 1. The summed E-state index contributed by atoms with van der Waals surface area (Å²) in [4.78, 5) is 0.131. The van der Waals surface area contributed by atoms with Crippen molar-refractivity contribution in [3.05, 3.63) is 72.0 Å². The number of fused-ring (bicyclic) bond motifs is 1. The van der Waals surface area contributed by atoms with Gasteiger partial charge in [-0.3, -0.25) is 4.72 Å². The van der Waals surface area contributed by atoms with Crippen molar-refractivity contribution in [3.63, 3.8) is 0 Å². The maximum absolute atomic E-state index is 13.8. The number of halogens is 1. The van der Waals surface area contributed by atoms with E-state index in [4.69, 9.17) is 0 Å². The van der Waals surface area contributed by atoms with Gasteiger partial charge in [-0.1, -0.05) is 42.5 Å². The topological polar surface area (TPSA) is 46.2 Å². The highest BCUT2D eigenvalue weighted by Crippen LogP contribution is 2.26. The van der Waals surface area contributed by atoms with Crippen LogP contribution in [0.3, 0.4) is 0 Å². The van der Waals surface area contributed by atoms with E-state index in [9.17, 15) is 12.8 Å². The Labute approximate surface area is 128 Å². The van der Waals surface area contributed by atoms with Crippen molar-refractivity contribution in [3.8, 4) is 0 Å². The maximum atomic E-state index is 13.8. The van der Waals surface area contributed by atoms with Crippen molar-refractivity contribution in [1.82, 2.24) is 0 Å². The summed E-state index contributed by atoms with van der Waals surface area (Å²) >= 11 is 0. The van der Waals surface area contributed by atoms with Gasteiger partial charge in [-0.25, -0.2) is 12.8 Å². The fourth-order valence-electron chi connectivity index (χ4n) is 2.35. The van der Waals surface area contributed by atoms with Crippen LogP contribution in [-0.2, 0) is 10.0 Å². The second-order valence-corrected chi connectivity index (χ2v) is 6.72. The molecule has 0 aliphatic rings. The molecular formula is C17H14FNO2S. The standard InChI is InChI=1S/C17H14FNO2S/c1-12-9-10-15(18)16(11-12)19-22(20,21)17-8-4-6-13-5-2-3-7-14(13)17/h2-11,19H,1H3. The predicted octanol–water partition coefficient (Wildman–Crippen LogP) is 4.09. The number of hydrogen-bond donors (Lipinski definition) is 1. The van der Waals surface area contributed by atoms with Gasteiger partial charge < -0.3 is 0 Å². The second-order valence-electron chi connectivity index (χ2n) is 5.07. The highest BCUT2D eigenvalue weighted by molar-refractivity contribution is 7.93. The molecule has 0 spiro atoms. The predicted molar refractivity (Wildman–Crippen MR) is 85.9 cm³/mol. The van der Waals surface area contributed by atoms with Gasteiger partial charge in [0.15, 0.2) is 0 Å². The van der Waals surface area contributed by atoms with Crippen LogP contribution >= 0.6 is 0 Å². The summed E-state index contributed by atoms with van der Waals surface area (Å²) in [5.41, 5.74) is 0.727. The summed E-state index contributed by atoms with van der Waals surface area (Å²) in [6, 6.07) is 16.5. The van der Waals surface area contributed by atoms with Crippen molar-refractivity contribution < 1.29 is 12.8 Å². The average Bonchev–Trinajstić information content (AvgIpc) is 2.50. The molecule has 0 atom stereocenters. The molecule has 112 valence electrons. The number of benzene rings is 3. The molecule has 0 aliphatic carbocycles. The van der Waals surface area contributed by atoms with Crippen molar-refractivity contribution in [2.24, 2.45) is 0 Å². The number of sulfonamides is 1. The molecule has 3 aromatic carbocycles. The van der Waals surface area contributed by atoms with Gasteiger partial charge in [0, 0.05) is 5.39 Å². The lowest BCUT2D eigenvalue weighted by Crippen LogP contribution is -2.14. The lowest BCUT2D eigenvalue weighted by atomic mass is 10.1. The van der Waals surface area contributed by atoms with Crippen LogP contribution in [0.1, 0.15) is 5.56 Å². The smallest absolute Gasteiger partial charge is 0.262 e. The number of aryl methyl sites for hydroxylation is 1. The van der Waals surface area contributed by atoms with E-state index in [1.807, 2.05) is 18.2 Å². The van der Waals surface area contributed by atoms with Crippen LogP contribution in [0, 0.1) is 12.7 Å². The summed E-state index contributed by atoms with van der Waals surface area (Å²) in [6.45, 7) is 1.77. The number of anilines is 1. The lowest BCUT2D eigenvalue weighted by molar-refractivity contribution is 0.599. The van der Waals surface area contributed by atoms with E-state index in [0.717, 1.165) is 10.9 Å². The van der Waals surface area contributed by atoms with E-state index in [1.165, 1.54) is 18.2 Å². The van der Waals surface area contributed by atoms with E-state index < -0.39 is 15.8 Å². The van der Waals surface area contributed by atoms with Crippen molar-refractivity contribution in [2.45, 2.75) is 11.8 Å². The minimum atomic E-state index is -3.87. The third-order valence-corrected chi connectivity index (χ3v) is 4.83. The lowest BCUT2D eigenvalue weighted by Gasteiger charge is -2.11. The van der Waals surface area contributed by atoms with E-state index >= 15 is 0 Å². The molecule has 0 aliphatic heterocycles. The van der Waals surface area contributed by atoms with Crippen LogP contribution in [0.15, 0.2) is 65.6 Å². The Hall–Kier alpha value is -2.40. The average molecular weight is 315 g/mol. The zero-order valence-electron chi connectivity index (χ0n) is 11.9. The van der Waals surface area contributed by atoms with Crippen LogP contribution < -0.4 is 4.72 Å². The first-order valence-corrected chi connectivity index (χ1v) is 8.22. The van der Waals surface area contributed by atoms with Gasteiger partial charge in [0.05, 0.1) is 10.6 Å². The molecule has 1 N–H and O–H groups in total. The quantitative estimate of drug-likeness (QED) is 0.791. The van der Waals surface area contributed by atoms with Crippen LogP contribution in [0.2, 0.25) is 0 Å². The SMILES string of the molecule is Cc1ccc(F)c(NS(=O)(=O)c2cccc3ccccc23)c1. The summed E-state index contributed by atoms with van der Waals surface area (Å²) < 4.78 is 41.3. The molecule has 3 aromatic rings. The first-order chi connectivity index (χ1) is 10.5. The Morgan fingerprint density at radius 2 is 1.68 bits per heavy atom. The Kier molecular flexibility index (Phi) is 3.58. The van der Waals surface area contributed by atoms with Crippen molar-refractivity contribution in [2.75, 3.05) is 4.72 Å². The van der Waals surface area contributed by atoms with E-state index in [-0.39, 0.29) is 10.6 Å². The monoisotopic (exact) mass is 315 g/mol. The maximum Gasteiger partial charge on any atom is 0.262 e. The zero-order valence-corrected chi connectivity index (χ0v) is 12.7. The molecule has 0 saturated carbocycles. The summed E-state index contributed by atoms with van der Waals surface area (Å²) in [7, 11) is -3.87.